The molecule has 0 saturated heterocycles. The van der Waals surface area contributed by atoms with E-state index in [1.807, 2.05) is 48.9 Å². The van der Waals surface area contributed by atoms with Crippen LogP contribution in [0.15, 0.2) is 35.0 Å². The minimum atomic E-state index is -0.948. The number of aromatic nitrogens is 4. The molecule has 120 valence electrons. The van der Waals surface area contributed by atoms with Crippen molar-refractivity contribution in [2.45, 2.75) is 26.4 Å². The topological polar surface area (TPSA) is 75.9 Å². The number of nitrogens with zero attached hydrogens (tertiary/aromatic N) is 4. The van der Waals surface area contributed by atoms with E-state index in [2.05, 4.69) is 20.6 Å². The van der Waals surface area contributed by atoms with Crippen LogP contribution < -0.4 is 5.32 Å². The Labute approximate surface area is 138 Å². The highest BCUT2D eigenvalue weighted by molar-refractivity contribution is 7.08. The Morgan fingerprint density at radius 3 is 2.65 bits per heavy atom. The Bertz CT molecular complexity index is 777. The van der Waals surface area contributed by atoms with Gasteiger partial charge in [0.15, 0.2) is 5.82 Å². The number of nitrogens with one attached hydrogen (secondary N) is 1. The zero-order chi connectivity index (χ0) is 16.4. The van der Waals surface area contributed by atoms with Crippen molar-refractivity contribution in [3.8, 4) is 5.82 Å². The quantitative estimate of drug-likeness (QED) is 0.752. The Kier molecular flexibility index (Phi) is 4.14. The molecule has 3 heterocycles. The van der Waals surface area contributed by atoms with Crippen molar-refractivity contribution < 1.29 is 5.11 Å². The lowest BCUT2D eigenvalue weighted by Gasteiger charge is -2.22. The molecular formula is C16H19N5OS. The first-order chi connectivity index (χ1) is 11.0. The van der Waals surface area contributed by atoms with Gasteiger partial charge in [0.25, 0.3) is 0 Å². The second-order valence-electron chi connectivity index (χ2n) is 5.76. The molecule has 0 spiro atoms. The molecular weight excluding hydrogens is 310 g/mol. The minimum absolute atomic E-state index is 0.359. The summed E-state index contributed by atoms with van der Waals surface area (Å²) < 4.78 is 1.76. The maximum atomic E-state index is 10.5. The number of thiophene rings is 1. The number of rotatable bonds is 5. The van der Waals surface area contributed by atoms with Crippen LogP contribution in [0.2, 0.25) is 0 Å². The highest BCUT2D eigenvalue weighted by atomic mass is 32.1. The van der Waals surface area contributed by atoms with Crippen molar-refractivity contribution >= 4 is 17.2 Å². The number of hydrogen-bond acceptors (Lipinski definition) is 6. The predicted octanol–water partition coefficient (Wildman–Crippen LogP) is 2.66. The lowest BCUT2D eigenvalue weighted by Crippen LogP contribution is -2.30. The summed E-state index contributed by atoms with van der Waals surface area (Å²) in [5.74, 6) is 1.29. The molecule has 0 bridgehead atoms. The van der Waals surface area contributed by atoms with Gasteiger partial charge in [0.1, 0.15) is 11.4 Å². The molecule has 1 unspecified atom stereocenters. The van der Waals surface area contributed by atoms with Crippen LogP contribution >= 0.6 is 11.3 Å². The Morgan fingerprint density at radius 2 is 2.09 bits per heavy atom. The van der Waals surface area contributed by atoms with E-state index in [1.165, 1.54) is 0 Å². The molecule has 0 fully saturated rings. The normalized spacial score (nSPS) is 13.7. The van der Waals surface area contributed by atoms with Crippen molar-refractivity contribution in [3.63, 3.8) is 0 Å². The maximum Gasteiger partial charge on any atom is 0.176 e. The van der Waals surface area contributed by atoms with Gasteiger partial charge in [-0.05, 0) is 61.4 Å². The molecule has 3 aromatic rings. The van der Waals surface area contributed by atoms with Gasteiger partial charge in [0.05, 0.1) is 5.69 Å². The summed E-state index contributed by atoms with van der Waals surface area (Å²) in [4.78, 5) is 0. The van der Waals surface area contributed by atoms with E-state index >= 15 is 0 Å². The number of hydrogen-bond donors (Lipinski definition) is 2. The van der Waals surface area contributed by atoms with Gasteiger partial charge in [-0.2, -0.15) is 16.4 Å². The van der Waals surface area contributed by atoms with E-state index in [0.29, 0.717) is 18.2 Å². The Morgan fingerprint density at radius 1 is 1.26 bits per heavy atom. The van der Waals surface area contributed by atoms with Crippen LogP contribution in [-0.4, -0.2) is 31.6 Å². The van der Waals surface area contributed by atoms with E-state index in [9.17, 15) is 5.11 Å². The van der Waals surface area contributed by atoms with Crippen molar-refractivity contribution in [2.75, 3.05) is 11.9 Å². The number of anilines is 1. The summed E-state index contributed by atoms with van der Waals surface area (Å²) in [6.07, 6.45) is 0. The summed E-state index contributed by atoms with van der Waals surface area (Å²) in [5, 5.41) is 30.2. The second kappa shape index (κ2) is 6.10. The third kappa shape index (κ3) is 3.40. The van der Waals surface area contributed by atoms with E-state index in [4.69, 9.17) is 0 Å². The van der Waals surface area contributed by atoms with Crippen LogP contribution in [0.4, 0.5) is 5.82 Å². The van der Waals surface area contributed by atoms with Crippen LogP contribution in [0.3, 0.4) is 0 Å². The van der Waals surface area contributed by atoms with Crippen LogP contribution in [0.1, 0.15) is 23.9 Å². The van der Waals surface area contributed by atoms with E-state index in [0.717, 1.165) is 17.0 Å². The standard InChI is InChI=1S/C16H19N5OS/c1-11-8-12(2)21(20-11)15-5-4-14(18-19-15)17-10-16(3,22)13-6-7-23-9-13/h4-9,22H,10H2,1-3H3,(H,17,18). The lowest BCUT2D eigenvalue weighted by molar-refractivity contribution is 0.0719. The molecule has 23 heavy (non-hydrogen) atoms. The molecule has 0 aromatic carbocycles. The highest BCUT2D eigenvalue weighted by Gasteiger charge is 2.23. The molecule has 0 aliphatic heterocycles. The zero-order valence-corrected chi connectivity index (χ0v) is 14.1. The SMILES string of the molecule is Cc1cc(C)n(-c2ccc(NCC(C)(O)c3ccsc3)nn2)n1. The third-order valence-electron chi connectivity index (χ3n) is 3.63. The highest BCUT2D eigenvalue weighted by Crippen LogP contribution is 2.23. The van der Waals surface area contributed by atoms with Gasteiger partial charge < -0.3 is 10.4 Å². The molecule has 3 rings (SSSR count). The summed E-state index contributed by atoms with van der Waals surface area (Å²) in [6, 6.07) is 7.60. The molecule has 1 atom stereocenters. The molecule has 0 aliphatic rings. The smallest absolute Gasteiger partial charge is 0.176 e. The van der Waals surface area contributed by atoms with Crippen LogP contribution in [0.25, 0.3) is 5.82 Å². The molecule has 2 N–H and O–H groups in total. The molecule has 0 aliphatic carbocycles. The average molecular weight is 329 g/mol. The Balaban J connectivity index is 1.70. The second-order valence-corrected chi connectivity index (χ2v) is 6.54. The third-order valence-corrected chi connectivity index (χ3v) is 4.32. The first kappa shape index (κ1) is 15.6. The van der Waals surface area contributed by atoms with Gasteiger partial charge in [-0.1, -0.05) is 0 Å². The molecule has 0 amide bonds. The van der Waals surface area contributed by atoms with Crippen LogP contribution in [-0.2, 0) is 5.60 Å². The summed E-state index contributed by atoms with van der Waals surface area (Å²) in [5.41, 5.74) is 1.90. The zero-order valence-electron chi connectivity index (χ0n) is 13.3. The minimum Gasteiger partial charge on any atom is -0.384 e. The van der Waals surface area contributed by atoms with Gasteiger partial charge >= 0.3 is 0 Å². The predicted molar refractivity (Wildman–Crippen MR) is 91.0 cm³/mol. The first-order valence-corrected chi connectivity index (χ1v) is 8.26. The largest absolute Gasteiger partial charge is 0.384 e. The van der Waals surface area contributed by atoms with Gasteiger partial charge in [-0.25, -0.2) is 4.68 Å². The Hall–Kier alpha value is -2.25. The number of aliphatic hydroxyl groups is 1. The van der Waals surface area contributed by atoms with Gasteiger partial charge in [0, 0.05) is 12.2 Å². The molecule has 6 nitrogen and oxygen atoms in total. The van der Waals surface area contributed by atoms with Crippen LogP contribution in [0.5, 0.6) is 0 Å². The van der Waals surface area contributed by atoms with Crippen molar-refractivity contribution in [1.82, 2.24) is 20.0 Å². The van der Waals surface area contributed by atoms with E-state index < -0.39 is 5.60 Å². The summed E-state index contributed by atoms with van der Waals surface area (Å²) in [6.45, 7) is 6.06. The molecule has 0 saturated carbocycles. The van der Waals surface area contributed by atoms with E-state index in [1.54, 1.807) is 22.9 Å². The number of aryl methyl sites for hydroxylation is 2. The van der Waals surface area contributed by atoms with Crippen molar-refractivity contribution in [1.29, 1.82) is 0 Å². The van der Waals surface area contributed by atoms with Gasteiger partial charge in [-0.3, -0.25) is 0 Å². The van der Waals surface area contributed by atoms with Crippen LogP contribution in [0, 0.1) is 13.8 Å². The lowest BCUT2D eigenvalue weighted by atomic mass is 9.99. The maximum absolute atomic E-state index is 10.5. The average Bonchev–Trinajstić information content (AvgIpc) is 3.16. The summed E-state index contributed by atoms with van der Waals surface area (Å²) >= 11 is 1.57. The van der Waals surface area contributed by atoms with Gasteiger partial charge in [-0.15, -0.1) is 10.2 Å². The first-order valence-electron chi connectivity index (χ1n) is 7.32. The fraction of sp³-hybridized carbons (Fsp3) is 0.312. The molecule has 7 heteroatoms. The van der Waals surface area contributed by atoms with Gasteiger partial charge in [0.2, 0.25) is 0 Å². The van der Waals surface area contributed by atoms with E-state index in [-0.39, 0.29) is 0 Å². The molecule has 3 aromatic heterocycles. The van der Waals surface area contributed by atoms with Crippen molar-refractivity contribution in [3.05, 3.63) is 52.0 Å². The monoisotopic (exact) mass is 329 g/mol. The summed E-state index contributed by atoms with van der Waals surface area (Å²) in [7, 11) is 0. The fourth-order valence-electron chi connectivity index (χ4n) is 2.33. The molecule has 0 radical (unpaired) electrons. The fourth-order valence-corrected chi connectivity index (χ4v) is 3.11. The van der Waals surface area contributed by atoms with Crippen molar-refractivity contribution in [2.24, 2.45) is 0 Å².